The SMILES string of the molecule is CC.CC.CCOC(=O)Cc1ccc(Cl)c(O)c1.CCOC(=O)Cc1ccc(Cl)c(OCc2ccccc2)c1.OCc1ccccc1.[CH3-].[CH3-].[Y].[Y]. The van der Waals surface area contributed by atoms with Crippen molar-refractivity contribution in [3.63, 3.8) is 0 Å². The molecule has 0 bridgehead atoms. The smallest absolute Gasteiger partial charge is 0.310 e. The predicted octanol–water partition coefficient (Wildman–Crippen LogP) is 10.3. The van der Waals surface area contributed by atoms with Crippen molar-refractivity contribution < 1.29 is 99.4 Å². The second kappa shape index (κ2) is 37.9. The van der Waals surface area contributed by atoms with Crippen molar-refractivity contribution in [2.75, 3.05) is 13.2 Å². The number of esters is 2. The van der Waals surface area contributed by atoms with Crippen molar-refractivity contribution in [2.24, 2.45) is 0 Å². The Bertz CT molecular complexity index is 1410. The summed E-state index contributed by atoms with van der Waals surface area (Å²) in [5.41, 5.74) is 3.53. The molecule has 7 nitrogen and oxygen atoms in total. The Morgan fingerprint density at radius 3 is 1.41 bits per heavy atom. The minimum absolute atomic E-state index is 0. The summed E-state index contributed by atoms with van der Waals surface area (Å²) in [5.74, 6) is -0.0150. The summed E-state index contributed by atoms with van der Waals surface area (Å²) >= 11 is 11.7. The van der Waals surface area contributed by atoms with Gasteiger partial charge in [0.25, 0.3) is 0 Å². The fraction of sp³-hybridized carbons (Fsp3) is 0.300. The molecule has 0 aliphatic rings. The van der Waals surface area contributed by atoms with Gasteiger partial charge in [-0.15, -0.1) is 0 Å². The van der Waals surface area contributed by atoms with Gasteiger partial charge >= 0.3 is 11.9 Å². The van der Waals surface area contributed by atoms with E-state index in [2.05, 4.69) is 0 Å². The number of aliphatic hydroxyl groups excluding tert-OH is 1. The number of benzene rings is 4. The Kier molecular flexibility index (Phi) is 43.5. The first-order valence-electron chi connectivity index (χ1n) is 15.6. The number of hydrogen-bond donors (Lipinski definition) is 2. The molecule has 0 aliphatic heterocycles. The molecule has 0 heterocycles. The van der Waals surface area contributed by atoms with Crippen LogP contribution in [0.25, 0.3) is 0 Å². The number of halogens is 2. The molecule has 278 valence electrons. The Labute approximate surface area is 367 Å². The topological polar surface area (TPSA) is 102 Å². The van der Waals surface area contributed by atoms with Crippen LogP contribution in [0.2, 0.25) is 10.0 Å². The number of aliphatic hydroxyl groups is 1. The van der Waals surface area contributed by atoms with Crippen LogP contribution < -0.4 is 4.74 Å². The van der Waals surface area contributed by atoms with Gasteiger partial charge in [0.05, 0.1) is 42.7 Å². The van der Waals surface area contributed by atoms with Crippen LogP contribution in [0.3, 0.4) is 0 Å². The average Bonchev–Trinajstić information content (AvgIpc) is 3.10. The zero-order chi connectivity index (χ0) is 35.5. The number of aromatic hydroxyl groups is 1. The molecule has 0 amide bonds. The molecule has 0 atom stereocenters. The van der Waals surface area contributed by atoms with E-state index in [1.807, 2.05) is 88.4 Å². The second-order valence-corrected chi connectivity index (χ2v) is 9.75. The maximum absolute atomic E-state index is 11.5. The summed E-state index contributed by atoms with van der Waals surface area (Å²) in [6.07, 6.45) is 0.366. The number of rotatable bonds is 10. The molecule has 11 heteroatoms. The molecule has 4 rings (SSSR count). The molecule has 4 aromatic carbocycles. The number of phenolic OH excluding ortho intramolecular Hbond substituents is 1. The van der Waals surface area contributed by atoms with E-state index in [-0.39, 0.29) is 122 Å². The second-order valence-electron chi connectivity index (χ2n) is 8.93. The number of ether oxygens (including phenoxy) is 3. The third-order valence-electron chi connectivity index (χ3n) is 5.58. The molecular weight excluding hydrogens is 841 g/mol. The quantitative estimate of drug-likeness (QED) is 0.121. The zero-order valence-electron chi connectivity index (χ0n) is 31.3. The molecule has 51 heavy (non-hydrogen) atoms. The summed E-state index contributed by atoms with van der Waals surface area (Å²) in [7, 11) is 0. The third-order valence-corrected chi connectivity index (χ3v) is 6.21. The van der Waals surface area contributed by atoms with Crippen LogP contribution >= 0.6 is 23.2 Å². The van der Waals surface area contributed by atoms with Crippen LogP contribution in [0.4, 0.5) is 0 Å². The van der Waals surface area contributed by atoms with Gasteiger partial charge in [-0.1, -0.05) is 124 Å². The van der Waals surface area contributed by atoms with Crippen molar-refractivity contribution in [1.82, 2.24) is 0 Å². The van der Waals surface area contributed by atoms with Crippen molar-refractivity contribution >= 4 is 35.1 Å². The van der Waals surface area contributed by atoms with Gasteiger partial charge in [-0.25, -0.2) is 0 Å². The normalized spacial score (nSPS) is 8.57. The van der Waals surface area contributed by atoms with Crippen LogP contribution in [0.15, 0.2) is 97.1 Å². The summed E-state index contributed by atoms with van der Waals surface area (Å²) in [4.78, 5) is 22.6. The first-order valence-corrected chi connectivity index (χ1v) is 16.4. The molecule has 0 saturated carbocycles. The van der Waals surface area contributed by atoms with Crippen LogP contribution in [0.5, 0.6) is 11.5 Å². The summed E-state index contributed by atoms with van der Waals surface area (Å²) in [5, 5.41) is 18.6. The van der Waals surface area contributed by atoms with E-state index in [0.717, 1.165) is 16.7 Å². The van der Waals surface area contributed by atoms with Crippen molar-refractivity contribution in [1.29, 1.82) is 0 Å². The zero-order valence-corrected chi connectivity index (χ0v) is 38.5. The standard InChI is InChI=1S/C17H17ClO3.C10H11ClO3.C7H8O.2C2H6.2CH3.2Y/c1-2-20-17(19)11-14-8-9-15(18)16(10-14)21-12-13-6-4-3-5-7-13;1-2-14-10(13)6-7-3-4-8(11)9(12)5-7;8-6-7-4-2-1-3-5-7;2*1-2;;;;/h3-10H,2,11-12H2,1H3;3-5,12H,2,6H2,1H3;1-5,8H,6H2;2*1-2H3;2*1H3;;/q;;;;;2*-1;;. The maximum Gasteiger partial charge on any atom is 0.310 e. The van der Waals surface area contributed by atoms with E-state index in [4.69, 9.17) is 42.5 Å². The molecule has 2 radical (unpaired) electrons. The minimum atomic E-state index is -0.311. The van der Waals surface area contributed by atoms with Gasteiger partial charge in [0.1, 0.15) is 18.1 Å². The monoisotopic (exact) mass is 894 g/mol. The number of phenols is 1. The molecular formula is C40H54Cl2O7Y2-2. The fourth-order valence-electron chi connectivity index (χ4n) is 3.51. The van der Waals surface area contributed by atoms with Gasteiger partial charge in [0, 0.05) is 65.4 Å². The van der Waals surface area contributed by atoms with Gasteiger partial charge < -0.3 is 39.3 Å². The number of carbonyl (C=O) groups is 2. The van der Waals surface area contributed by atoms with Crippen molar-refractivity contribution in [2.45, 2.75) is 67.6 Å². The van der Waals surface area contributed by atoms with E-state index in [1.54, 1.807) is 44.2 Å². The van der Waals surface area contributed by atoms with Gasteiger partial charge in [-0.2, -0.15) is 0 Å². The first-order chi connectivity index (χ1) is 22.7. The van der Waals surface area contributed by atoms with E-state index in [0.29, 0.717) is 36.2 Å². The molecule has 0 saturated heterocycles. The largest absolute Gasteiger partial charge is 0.506 e. The van der Waals surface area contributed by atoms with Crippen LogP contribution in [0, 0.1) is 14.9 Å². The molecule has 0 fully saturated rings. The van der Waals surface area contributed by atoms with E-state index >= 15 is 0 Å². The van der Waals surface area contributed by atoms with E-state index in [1.165, 1.54) is 6.07 Å². The van der Waals surface area contributed by atoms with Gasteiger partial charge in [0.15, 0.2) is 0 Å². The van der Waals surface area contributed by atoms with Crippen molar-refractivity contribution in [3.05, 3.63) is 144 Å². The van der Waals surface area contributed by atoms with Crippen molar-refractivity contribution in [3.8, 4) is 11.5 Å². The molecule has 0 unspecified atom stereocenters. The maximum atomic E-state index is 11.5. The van der Waals surface area contributed by atoms with Crippen LogP contribution in [0.1, 0.15) is 63.8 Å². The van der Waals surface area contributed by atoms with Crippen LogP contribution in [-0.4, -0.2) is 35.4 Å². The summed E-state index contributed by atoms with van der Waals surface area (Å²) in [6.45, 7) is 12.8. The fourth-order valence-corrected chi connectivity index (χ4v) is 3.80. The third kappa shape index (κ3) is 27.4. The average molecular weight is 896 g/mol. The molecule has 4 aromatic rings. The predicted molar refractivity (Wildman–Crippen MR) is 204 cm³/mol. The van der Waals surface area contributed by atoms with Crippen LogP contribution in [-0.2, 0) is 111 Å². The van der Waals surface area contributed by atoms with Gasteiger partial charge in [0.2, 0.25) is 0 Å². The minimum Gasteiger partial charge on any atom is -0.506 e. The first kappa shape index (κ1) is 58.5. The van der Waals surface area contributed by atoms with E-state index in [9.17, 15) is 14.7 Å². The number of carbonyl (C=O) groups excluding carboxylic acids is 2. The summed E-state index contributed by atoms with van der Waals surface area (Å²) < 4.78 is 15.4. The Morgan fingerprint density at radius 1 is 0.608 bits per heavy atom. The van der Waals surface area contributed by atoms with E-state index < -0.39 is 0 Å². The molecule has 0 aliphatic carbocycles. The molecule has 2 N–H and O–H groups in total. The summed E-state index contributed by atoms with van der Waals surface area (Å²) in [6, 6.07) is 29.4. The Hall–Kier alpha value is -1.83. The van der Waals surface area contributed by atoms with Gasteiger partial charge in [-0.3, -0.25) is 9.59 Å². The molecule has 0 aromatic heterocycles. The van der Waals surface area contributed by atoms with Gasteiger partial charge in [-0.05, 0) is 60.4 Å². The Balaban J connectivity index is -0.000000205. The Morgan fingerprint density at radius 2 is 1.02 bits per heavy atom. The molecule has 0 spiro atoms. The number of hydrogen-bond acceptors (Lipinski definition) is 7.